The molecule has 0 saturated heterocycles. The topological polar surface area (TPSA) is 35.2 Å². The van der Waals surface area contributed by atoms with Crippen molar-refractivity contribution >= 4 is 9.04 Å². The lowest BCUT2D eigenvalue weighted by atomic mass is 10.5. The Bertz CT molecular complexity index is 51.7. The van der Waals surface area contributed by atoms with Crippen LogP contribution in [0.3, 0.4) is 0 Å². The number of hydrogen-bond acceptors (Lipinski definition) is 2. The van der Waals surface area contributed by atoms with E-state index in [4.69, 9.17) is 10.2 Å². The van der Waals surface area contributed by atoms with Crippen molar-refractivity contribution in [1.82, 2.24) is 0 Å². The fourth-order valence-electron chi connectivity index (χ4n) is 0.523. The van der Waals surface area contributed by atoms with Crippen LogP contribution in [0.15, 0.2) is 0 Å². The van der Waals surface area contributed by atoms with Crippen LogP contribution in [0.4, 0.5) is 0 Å². The van der Waals surface area contributed by atoms with E-state index in [9.17, 15) is 0 Å². The van der Waals surface area contributed by atoms with Crippen LogP contribution in [0.2, 0.25) is 12.6 Å². The second kappa shape index (κ2) is 5.28. The van der Waals surface area contributed by atoms with Crippen LogP contribution in [-0.4, -0.2) is 22.7 Å². The lowest BCUT2D eigenvalue weighted by Crippen LogP contribution is -2.12. The predicted octanol–water partition coefficient (Wildman–Crippen LogP) is 0.335. The minimum absolute atomic E-state index is 0.779. The Balaban J connectivity index is 2.86. The Kier molecular flexibility index (Phi) is 5.37. The van der Waals surface area contributed by atoms with Crippen LogP contribution in [0.1, 0.15) is 6.42 Å². The largest absolute Gasteiger partial charge is 0.423 e. The van der Waals surface area contributed by atoms with Gasteiger partial charge in [0.05, 0.1) is 0 Å². The molecule has 0 heterocycles. The maximum absolute atomic E-state index is 5.30. The highest BCUT2D eigenvalue weighted by Gasteiger charge is 1.98. The van der Waals surface area contributed by atoms with Crippen LogP contribution >= 0.6 is 0 Å². The Morgan fingerprint density at radius 3 is 2.62 bits per heavy atom. The Morgan fingerprint density at radius 2 is 2.25 bits per heavy atom. The average Bonchev–Trinajstić information content (AvgIpc) is 1.83. The molecule has 0 aliphatic heterocycles. The standard InChI is InChI=1S/C5H15NOSi/c1-7-8(2)5-3-4-6/h8H,3-6H2,1-2H3. The second-order valence-electron chi connectivity index (χ2n) is 1.98. The maximum atomic E-state index is 5.30. The molecule has 0 fully saturated rings. The van der Waals surface area contributed by atoms with E-state index in [-0.39, 0.29) is 0 Å². The monoisotopic (exact) mass is 133 g/mol. The summed E-state index contributed by atoms with van der Waals surface area (Å²) in [7, 11) is 1.01. The third-order valence-corrected chi connectivity index (χ3v) is 3.24. The molecule has 2 nitrogen and oxygen atoms in total. The number of rotatable bonds is 4. The van der Waals surface area contributed by atoms with Gasteiger partial charge in [-0.2, -0.15) is 0 Å². The highest BCUT2D eigenvalue weighted by molar-refractivity contribution is 6.50. The third-order valence-electron chi connectivity index (χ3n) is 1.22. The van der Waals surface area contributed by atoms with Crippen LogP contribution in [0, 0.1) is 0 Å². The highest BCUT2D eigenvalue weighted by atomic mass is 28.3. The molecule has 50 valence electrons. The van der Waals surface area contributed by atoms with Crippen molar-refractivity contribution in [2.45, 2.75) is 19.0 Å². The molecule has 0 rings (SSSR count). The van der Waals surface area contributed by atoms with E-state index in [2.05, 4.69) is 6.55 Å². The van der Waals surface area contributed by atoms with E-state index >= 15 is 0 Å². The molecule has 0 bridgehead atoms. The van der Waals surface area contributed by atoms with Crippen molar-refractivity contribution in [3.8, 4) is 0 Å². The molecular formula is C5H15NOSi. The van der Waals surface area contributed by atoms with Crippen LogP contribution in [0.5, 0.6) is 0 Å². The van der Waals surface area contributed by atoms with Gasteiger partial charge in [-0.05, 0) is 25.6 Å². The molecule has 1 atom stereocenters. The Labute approximate surface area is 52.8 Å². The predicted molar refractivity (Wildman–Crippen MR) is 38.5 cm³/mol. The molecule has 0 aromatic carbocycles. The van der Waals surface area contributed by atoms with Gasteiger partial charge in [0.2, 0.25) is 0 Å². The molecule has 0 aliphatic rings. The van der Waals surface area contributed by atoms with Gasteiger partial charge in [-0.15, -0.1) is 0 Å². The summed E-state index contributed by atoms with van der Waals surface area (Å²) in [6, 6.07) is 1.22. The molecule has 8 heavy (non-hydrogen) atoms. The van der Waals surface area contributed by atoms with E-state index in [0.717, 1.165) is 13.0 Å². The summed E-state index contributed by atoms with van der Waals surface area (Å²) in [5.41, 5.74) is 5.30. The second-order valence-corrected chi connectivity index (χ2v) is 4.65. The minimum atomic E-state index is -0.779. The van der Waals surface area contributed by atoms with Crippen molar-refractivity contribution in [3.05, 3.63) is 0 Å². The molecule has 3 heteroatoms. The minimum Gasteiger partial charge on any atom is -0.423 e. The van der Waals surface area contributed by atoms with Crippen molar-refractivity contribution in [2.24, 2.45) is 5.73 Å². The average molecular weight is 133 g/mol. The molecule has 0 aliphatic carbocycles. The first-order valence-electron chi connectivity index (χ1n) is 3.04. The van der Waals surface area contributed by atoms with E-state index in [1.807, 2.05) is 0 Å². The van der Waals surface area contributed by atoms with Gasteiger partial charge < -0.3 is 10.2 Å². The van der Waals surface area contributed by atoms with Crippen LogP contribution < -0.4 is 5.73 Å². The van der Waals surface area contributed by atoms with E-state index < -0.39 is 9.04 Å². The summed E-state index contributed by atoms with van der Waals surface area (Å²) in [6.45, 7) is 3.00. The van der Waals surface area contributed by atoms with Gasteiger partial charge in [0.25, 0.3) is 0 Å². The summed E-state index contributed by atoms with van der Waals surface area (Å²) in [5.74, 6) is 0. The van der Waals surface area contributed by atoms with Gasteiger partial charge >= 0.3 is 0 Å². The molecule has 1 unspecified atom stereocenters. The fraction of sp³-hybridized carbons (Fsp3) is 1.00. The molecule has 0 aromatic heterocycles. The number of nitrogens with two attached hydrogens (primary N) is 1. The third kappa shape index (κ3) is 4.30. The zero-order valence-corrected chi connectivity index (χ0v) is 6.84. The first-order valence-corrected chi connectivity index (χ1v) is 5.48. The van der Waals surface area contributed by atoms with Crippen LogP contribution in [-0.2, 0) is 4.43 Å². The van der Waals surface area contributed by atoms with E-state index in [1.165, 1.54) is 6.04 Å². The quantitative estimate of drug-likeness (QED) is 0.561. The van der Waals surface area contributed by atoms with Gasteiger partial charge in [-0.3, -0.25) is 0 Å². The van der Waals surface area contributed by atoms with E-state index in [0.29, 0.717) is 0 Å². The summed E-state index contributed by atoms with van der Waals surface area (Å²) < 4.78 is 5.14. The number of hydrogen-bond donors (Lipinski definition) is 1. The summed E-state index contributed by atoms with van der Waals surface area (Å²) >= 11 is 0. The van der Waals surface area contributed by atoms with Crippen molar-refractivity contribution < 1.29 is 4.43 Å². The van der Waals surface area contributed by atoms with Crippen molar-refractivity contribution in [2.75, 3.05) is 13.7 Å². The SMILES string of the molecule is CO[SiH](C)CCCN. The van der Waals surface area contributed by atoms with E-state index in [1.54, 1.807) is 7.11 Å². The highest BCUT2D eigenvalue weighted by Crippen LogP contribution is 1.94. The summed E-state index contributed by atoms with van der Waals surface area (Å²) in [4.78, 5) is 0. The van der Waals surface area contributed by atoms with Crippen molar-refractivity contribution in [1.29, 1.82) is 0 Å². The van der Waals surface area contributed by atoms with Gasteiger partial charge in [0.15, 0.2) is 9.04 Å². The molecule has 0 saturated carbocycles. The molecule has 0 radical (unpaired) electrons. The van der Waals surface area contributed by atoms with Crippen LogP contribution in [0.25, 0.3) is 0 Å². The normalized spacial score (nSPS) is 13.9. The molecular weight excluding hydrogens is 118 g/mol. The Hall–Kier alpha value is 0.137. The van der Waals surface area contributed by atoms with Gasteiger partial charge in [0.1, 0.15) is 0 Å². The maximum Gasteiger partial charge on any atom is 0.173 e. The molecule has 0 aromatic rings. The molecule has 0 amide bonds. The smallest absolute Gasteiger partial charge is 0.173 e. The lowest BCUT2D eigenvalue weighted by Gasteiger charge is -2.03. The molecule has 0 spiro atoms. The summed E-state index contributed by atoms with van der Waals surface area (Å²) in [5, 5.41) is 0. The fourth-order valence-corrected chi connectivity index (χ4v) is 1.57. The molecule has 2 N–H and O–H groups in total. The lowest BCUT2D eigenvalue weighted by molar-refractivity contribution is 0.422. The van der Waals surface area contributed by atoms with Crippen molar-refractivity contribution in [3.63, 3.8) is 0 Å². The first-order chi connectivity index (χ1) is 3.81. The van der Waals surface area contributed by atoms with Gasteiger partial charge in [-0.25, -0.2) is 0 Å². The zero-order chi connectivity index (χ0) is 6.41. The first kappa shape index (κ1) is 8.14. The summed E-state index contributed by atoms with van der Waals surface area (Å²) in [6.07, 6.45) is 1.13. The Morgan fingerprint density at radius 1 is 1.62 bits per heavy atom. The van der Waals surface area contributed by atoms with Gasteiger partial charge in [-0.1, -0.05) is 0 Å². The zero-order valence-electron chi connectivity index (χ0n) is 5.68. The van der Waals surface area contributed by atoms with Gasteiger partial charge in [0, 0.05) is 7.11 Å².